The zero-order valence-electron chi connectivity index (χ0n) is 12.1. The van der Waals surface area contributed by atoms with Gasteiger partial charge in [-0.15, -0.1) is 0 Å². The summed E-state index contributed by atoms with van der Waals surface area (Å²) in [7, 11) is 0. The molecule has 4 nitrogen and oxygen atoms in total. The number of hydrogen-bond donors (Lipinski definition) is 0. The van der Waals surface area contributed by atoms with Crippen LogP contribution in [-0.2, 0) is 9.59 Å². The summed E-state index contributed by atoms with van der Waals surface area (Å²) in [6.07, 6.45) is 3.64. The molecule has 2 aromatic rings. The van der Waals surface area contributed by atoms with Crippen LogP contribution < -0.4 is 0 Å². The van der Waals surface area contributed by atoms with Gasteiger partial charge in [-0.05, 0) is 36.5 Å². The molecular formula is C17H18N2O2. The molecular weight excluding hydrogens is 264 g/mol. The number of nitrogens with zero attached hydrogens (tertiary/aromatic N) is 2. The van der Waals surface area contributed by atoms with Crippen LogP contribution in [-0.4, -0.2) is 34.7 Å². The molecule has 108 valence electrons. The summed E-state index contributed by atoms with van der Waals surface area (Å²) in [4.78, 5) is 29.0. The van der Waals surface area contributed by atoms with Crippen molar-refractivity contribution in [2.45, 2.75) is 25.7 Å². The van der Waals surface area contributed by atoms with Gasteiger partial charge < -0.3 is 4.90 Å². The van der Waals surface area contributed by atoms with Crippen molar-refractivity contribution in [1.29, 1.82) is 0 Å². The molecule has 0 bridgehead atoms. The quantitative estimate of drug-likeness (QED) is 0.795. The molecule has 1 aliphatic heterocycles. The van der Waals surface area contributed by atoms with Crippen LogP contribution >= 0.6 is 0 Å². The standard InChI is InChI=1S/C17H18N2O2/c1-12(20)17(21)19-10-7-13(8-11-19)14-6-9-18-16-5-3-2-4-15(14)16/h2-6,9,13H,7-8,10-11H2,1H3. The van der Waals surface area contributed by atoms with Gasteiger partial charge in [0.25, 0.3) is 5.91 Å². The number of likely N-dealkylation sites (tertiary alicyclic amines) is 1. The van der Waals surface area contributed by atoms with Gasteiger partial charge in [-0.25, -0.2) is 0 Å². The van der Waals surface area contributed by atoms with Gasteiger partial charge >= 0.3 is 0 Å². The van der Waals surface area contributed by atoms with Crippen LogP contribution in [0.4, 0.5) is 0 Å². The molecule has 0 saturated carbocycles. The van der Waals surface area contributed by atoms with E-state index in [-0.39, 0.29) is 11.7 Å². The third kappa shape index (κ3) is 2.66. The van der Waals surface area contributed by atoms with Crippen molar-refractivity contribution in [3.63, 3.8) is 0 Å². The lowest BCUT2D eigenvalue weighted by Crippen LogP contribution is -2.40. The van der Waals surface area contributed by atoms with Crippen molar-refractivity contribution in [3.05, 3.63) is 42.1 Å². The smallest absolute Gasteiger partial charge is 0.289 e. The number of aromatic nitrogens is 1. The van der Waals surface area contributed by atoms with E-state index in [2.05, 4.69) is 17.1 Å². The molecule has 21 heavy (non-hydrogen) atoms. The third-order valence-electron chi connectivity index (χ3n) is 4.21. The summed E-state index contributed by atoms with van der Waals surface area (Å²) >= 11 is 0. The van der Waals surface area contributed by atoms with Crippen molar-refractivity contribution in [1.82, 2.24) is 9.88 Å². The molecule has 1 amide bonds. The first kappa shape index (κ1) is 13.7. The zero-order valence-corrected chi connectivity index (χ0v) is 12.1. The van der Waals surface area contributed by atoms with Crippen LogP contribution in [0, 0.1) is 0 Å². The van der Waals surface area contributed by atoms with E-state index in [1.54, 1.807) is 4.90 Å². The maximum Gasteiger partial charge on any atom is 0.289 e. The number of pyridine rings is 1. The Morgan fingerprint density at radius 3 is 2.57 bits per heavy atom. The normalized spacial score (nSPS) is 16.1. The van der Waals surface area contributed by atoms with Gasteiger partial charge in [-0.2, -0.15) is 0 Å². The van der Waals surface area contributed by atoms with Gasteiger partial charge in [0, 0.05) is 31.6 Å². The number of carbonyl (C=O) groups is 2. The van der Waals surface area contributed by atoms with Gasteiger partial charge in [0.05, 0.1) is 5.52 Å². The number of Topliss-reactive ketones (excluding diaryl/α,β-unsaturated/α-hetero) is 1. The number of hydrogen-bond acceptors (Lipinski definition) is 3. The maximum atomic E-state index is 11.7. The van der Waals surface area contributed by atoms with E-state index in [0.29, 0.717) is 19.0 Å². The monoisotopic (exact) mass is 282 g/mol. The van der Waals surface area contributed by atoms with Gasteiger partial charge in [0.2, 0.25) is 5.78 Å². The average Bonchev–Trinajstić information content (AvgIpc) is 2.53. The summed E-state index contributed by atoms with van der Waals surface area (Å²) in [5.74, 6) is -0.301. The Kier molecular flexibility index (Phi) is 3.69. The van der Waals surface area contributed by atoms with Gasteiger partial charge in [-0.1, -0.05) is 18.2 Å². The van der Waals surface area contributed by atoms with E-state index in [9.17, 15) is 9.59 Å². The van der Waals surface area contributed by atoms with Crippen molar-refractivity contribution < 1.29 is 9.59 Å². The first-order valence-corrected chi connectivity index (χ1v) is 7.30. The molecule has 1 aliphatic rings. The van der Waals surface area contributed by atoms with E-state index in [4.69, 9.17) is 0 Å². The summed E-state index contributed by atoms with van der Waals surface area (Å²) in [5, 5.41) is 1.19. The second kappa shape index (κ2) is 5.64. The van der Waals surface area contributed by atoms with E-state index >= 15 is 0 Å². The Bertz CT molecular complexity index is 683. The number of benzene rings is 1. The Labute approximate surface area is 123 Å². The lowest BCUT2D eigenvalue weighted by atomic mass is 9.87. The fourth-order valence-corrected chi connectivity index (χ4v) is 3.09. The Balaban J connectivity index is 1.80. The molecule has 0 atom stereocenters. The summed E-state index contributed by atoms with van der Waals surface area (Å²) < 4.78 is 0. The zero-order chi connectivity index (χ0) is 14.8. The molecule has 0 spiro atoms. The predicted octanol–water partition coefficient (Wildman–Crippen LogP) is 2.53. The molecule has 3 rings (SSSR count). The maximum absolute atomic E-state index is 11.7. The Morgan fingerprint density at radius 1 is 1.14 bits per heavy atom. The van der Waals surface area contributed by atoms with Gasteiger partial charge in [-0.3, -0.25) is 14.6 Å². The molecule has 0 aliphatic carbocycles. The molecule has 0 N–H and O–H groups in total. The van der Waals surface area contributed by atoms with Crippen molar-refractivity contribution in [3.8, 4) is 0 Å². The van der Waals surface area contributed by atoms with Gasteiger partial charge in [0.15, 0.2) is 0 Å². The van der Waals surface area contributed by atoms with E-state index < -0.39 is 0 Å². The van der Waals surface area contributed by atoms with E-state index in [0.717, 1.165) is 18.4 Å². The SMILES string of the molecule is CC(=O)C(=O)N1CCC(c2ccnc3ccccc23)CC1. The van der Waals surface area contributed by atoms with E-state index in [1.165, 1.54) is 17.9 Å². The number of ketones is 1. The first-order chi connectivity index (χ1) is 10.2. The molecule has 2 heterocycles. The fourth-order valence-electron chi connectivity index (χ4n) is 3.09. The second-order valence-electron chi connectivity index (χ2n) is 5.54. The Hall–Kier alpha value is -2.23. The highest BCUT2D eigenvalue weighted by molar-refractivity contribution is 6.35. The van der Waals surface area contributed by atoms with Crippen LogP contribution in [0.15, 0.2) is 36.5 Å². The minimum absolute atomic E-state index is 0.354. The number of fused-ring (bicyclic) bond motifs is 1. The minimum Gasteiger partial charge on any atom is -0.336 e. The molecule has 0 radical (unpaired) electrons. The third-order valence-corrected chi connectivity index (χ3v) is 4.21. The van der Waals surface area contributed by atoms with E-state index in [1.807, 2.05) is 24.4 Å². The highest BCUT2D eigenvalue weighted by atomic mass is 16.2. The Morgan fingerprint density at radius 2 is 1.86 bits per heavy atom. The molecule has 1 aromatic carbocycles. The minimum atomic E-state index is -0.372. The number of amides is 1. The van der Waals surface area contributed by atoms with Crippen LogP contribution in [0.5, 0.6) is 0 Å². The summed E-state index contributed by atoms with van der Waals surface area (Å²) in [6.45, 7) is 2.64. The molecule has 4 heteroatoms. The molecule has 0 unspecified atom stereocenters. The number of carbonyl (C=O) groups excluding carboxylic acids is 2. The topological polar surface area (TPSA) is 50.3 Å². The number of piperidine rings is 1. The van der Waals surface area contributed by atoms with Crippen LogP contribution in [0.25, 0.3) is 10.9 Å². The molecule has 1 saturated heterocycles. The first-order valence-electron chi connectivity index (χ1n) is 7.30. The van der Waals surface area contributed by atoms with Crippen LogP contribution in [0.1, 0.15) is 31.2 Å². The van der Waals surface area contributed by atoms with Crippen molar-refractivity contribution in [2.24, 2.45) is 0 Å². The van der Waals surface area contributed by atoms with Crippen molar-refractivity contribution >= 4 is 22.6 Å². The number of para-hydroxylation sites is 1. The van der Waals surface area contributed by atoms with Gasteiger partial charge in [0.1, 0.15) is 0 Å². The highest BCUT2D eigenvalue weighted by Gasteiger charge is 2.26. The largest absolute Gasteiger partial charge is 0.336 e. The highest BCUT2D eigenvalue weighted by Crippen LogP contribution is 2.32. The summed E-state index contributed by atoms with van der Waals surface area (Å²) in [6, 6.07) is 10.2. The predicted molar refractivity (Wildman–Crippen MR) is 81.0 cm³/mol. The fraction of sp³-hybridized carbons (Fsp3) is 0.353. The average molecular weight is 282 g/mol. The molecule has 1 fully saturated rings. The second-order valence-corrected chi connectivity index (χ2v) is 5.54. The lowest BCUT2D eigenvalue weighted by Gasteiger charge is -2.32. The van der Waals surface area contributed by atoms with Crippen LogP contribution in [0.2, 0.25) is 0 Å². The lowest BCUT2D eigenvalue weighted by molar-refractivity contribution is -0.144. The summed E-state index contributed by atoms with van der Waals surface area (Å²) in [5.41, 5.74) is 2.31. The van der Waals surface area contributed by atoms with Crippen LogP contribution in [0.3, 0.4) is 0 Å². The molecule has 1 aromatic heterocycles. The number of rotatable bonds is 2. The van der Waals surface area contributed by atoms with Crippen molar-refractivity contribution in [2.75, 3.05) is 13.1 Å².